The van der Waals surface area contributed by atoms with Gasteiger partial charge in [0, 0.05) is 31.3 Å². The summed E-state index contributed by atoms with van der Waals surface area (Å²) in [6, 6.07) is 2.75. The fourth-order valence-corrected chi connectivity index (χ4v) is 5.34. The third-order valence-corrected chi connectivity index (χ3v) is 7.14. The maximum atomic E-state index is 14.4. The van der Waals surface area contributed by atoms with Crippen molar-refractivity contribution in [3.8, 4) is 11.5 Å². The van der Waals surface area contributed by atoms with Gasteiger partial charge in [-0.1, -0.05) is 0 Å². The summed E-state index contributed by atoms with van der Waals surface area (Å²) in [7, 11) is -1.12. The molecule has 0 saturated carbocycles. The predicted octanol–water partition coefficient (Wildman–Crippen LogP) is 2.42. The SMILES string of the molecule is COc1cc(F)c(S(=O)(=O)N2CCC(C3CCCN3)CC2)cc1OC.Cl. The highest BCUT2D eigenvalue weighted by molar-refractivity contribution is 7.89. The second kappa shape index (κ2) is 8.73. The van der Waals surface area contributed by atoms with E-state index in [0.717, 1.165) is 31.9 Å². The number of nitrogens with zero attached hydrogens (tertiary/aromatic N) is 1. The summed E-state index contributed by atoms with van der Waals surface area (Å²) in [5.74, 6) is 0.0407. The minimum Gasteiger partial charge on any atom is -0.493 e. The molecule has 1 unspecified atom stereocenters. The Kier molecular flexibility index (Phi) is 7.12. The molecule has 6 nitrogen and oxygen atoms in total. The zero-order valence-corrected chi connectivity index (χ0v) is 16.7. The van der Waals surface area contributed by atoms with Crippen molar-refractivity contribution in [3.05, 3.63) is 17.9 Å². The van der Waals surface area contributed by atoms with Crippen LogP contribution in [0.2, 0.25) is 0 Å². The molecule has 2 aliphatic heterocycles. The summed E-state index contributed by atoms with van der Waals surface area (Å²) in [4.78, 5) is -0.359. The Morgan fingerprint density at radius 3 is 2.27 bits per heavy atom. The van der Waals surface area contributed by atoms with Crippen molar-refractivity contribution in [1.29, 1.82) is 0 Å². The number of hydrogen-bond acceptors (Lipinski definition) is 5. The van der Waals surface area contributed by atoms with E-state index >= 15 is 0 Å². The second-order valence-corrected chi connectivity index (χ2v) is 8.49. The van der Waals surface area contributed by atoms with Crippen LogP contribution >= 0.6 is 12.4 Å². The van der Waals surface area contributed by atoms with Crippen LogP contribution in [-0.4, -0.2) is 52.6 Å². The number of ether oxygens (including phenoxy) is 2. The minimum absolute atomic E-state index is 0. The fourth-order valence-electron chi connectivity index (χ4n) is 3.80. The lowest BCUT2D eigenvalue weighted by Gasteiger charge is -2.34. The molecule has 0 radical (unpaired) electrons. The third-order valence-electron chi connectivity index (χ3n) is 5.22. The van der Waals surface area contributed by atoms with Crippen LogP contribution in [0.4, 0.5) is 4.39 Å². The second-order valence-electron chi connectivity index (χ2n) is 6.58. The van der Waals surface area contributed by atoms with E-state index in [1.807, 2.05) is 0 Å². The highest BCUT2D eigenvalue weighted by atomic mass is 35.5. The van der Waals surface area contributed by atoms with Gasteiger partial charge in [-0.05, 0) is 38.1 Å². The van der Waals surface area contributed by atoms with Gasteiger partial charge >= 0.3 is 0 Å². The van der Waals surface area contributed by atoms with E-state index in [2.05, 4.69) is 5.32 Å². The number of benzene rings is 1. The molecule has 26 heavy (non-hydrogen) atoms. The van der Waals surface area contributed by atoms with Gasteiger partial charge in [-0.25, -0.2) is 12.8 Å². The van der Waals surface area contributed by atoms with E-state index in [9.17, 15) is 12.8 Å². The van der Waals surface area contributed by atoms with E-state index in [0.29, 0.717) is 25.0 Å². The Hall–Kier alpha value is -1.09. The van der Waals surface area contributed by atoms with Crippen LogP contribution < -0.4 is 14.8 Å². The molecular formula is C17H26ClFN2O4S. The van der Waals surface area contributed by atoms with Gasteiger partial charge < -0.3 is 14.8 Å². The quantitative estimate of drug-likeness (QED) is 0.810. The van der Waals surface area contributed by atoms with Gasteiger partial charge in [0.05, 0.1) is 14.2 Å². The number of methoxy groups -OCH3 is 2. The number of nitrogens with one attached hydrogen (secondary N) is 1. The summed E-state index contributed by atoms with van der Waals surface area (Å²) >= 11 is 0. The molecule has 0 bridgehead atoms. The standard InChI is InChI=1S/C17H25FN2O4S.ClH/c1-23-15-10-13(18)17(11-16(15)24-2)25(21,22)20-8-5-12(6-9-20)14-4-3-7-19-14;/h10-12,14,19H,3-9H2,1-2H3;1H. The largest absolute Gasteiger partial charge is 0.493 e. The highest BCUT2D eigenvalue weighted by Crippen LogP contribution is 2.35. The molecule has 1 aromatic carbocycles. The van der Waals surface area contributed by atoms with Gasteiger partial charge in [-0.2, -0.15) is 4.31 Å². The Labute approximate surface area is 160 Å². The van der Waals surface area contributed by atoms with Gasteiger partial charge in [-0.3, -0.25) is 0 Å². The van der Waals surface area contributed by atoms with Gasteiger partial charge in [0.1, 0.15) is 10.7 Å². The van der Waals surface area contributed by atoms with Crippen molar-refractivity contribution in [2.45, 2.75) is 36.6 Å². The van der Waals surface area contributed by atoms with E-state index in [-0.39, 0.29) is 28.8 Å². The van der Waals surface area contributed by atoms with Crippen molar-refractivity contribution in [3.63, 3.8) is 0 Å². The third kappa shape index (κ3) is 4.08. The zero-order valence-electron chi connectivity index (χ0n) is 15.0. The molecule has 2 heterocycles. The number of halogens is 2. The summed E-state index contributed by atoms with van der Waals surface area (Å²) in [5, 5.41) is 3.49. The van der Waals surface area contributed by atoms with Gasteiger partial charge in [0.2, 0.25) is 10.0 Å². The van der Waals surface area contributed by atoms with E-state index in [4.69, 9.17) is 9.47 Å². The summed E-state index contributed by atoms with van der Waals surface area (Å²) in [6.07, 6.45) is 3.93. The normalized spacial score (nSPS) is 22.0. The molecule has 1 N–H and O–H groups in total. The van der Waals surface area contributed by atoms with Gasteiger partial charge in [0.25, 0.3) is 0 Å². The zero-order chi connectivity index (χ0) is 18.0. The monoisotopic (exact) mass is 408 g/mol. The molecule has 9 heteroatoms. The maximum absolute atomic E-state index is 14.4. The van der Waals surface area contributed by atoms with Crippen molar-refractivity contribution < 1.29 is 22.3 Å². The molecule has 3 rings (SSSR count). The van der Waals surface area contributed by atoms with Crippen molar-refractivity contribution in [2.75, 3.05) is 33.9 Å². The molecular weight excluding hydrogens is 383 g/mol. The Morgan fingerprint density at radius 1 is 1.12 bits per heavy atom. The molecule has 2 fully saturated rings. The molecule has 148 valence electrons. The highest BCUT2D eigenvalue weighted by Gasteiger charge is 2.35. The predicted molar refractivity (Wildman–Crippen MR) is 99.3 cm³/mol. The first-order valence-corrected chi connectivity index (χ1v) is 10.1. The fraction of sp³-hybridized carbons (Fsp3) is 0.647. The maximum Gasteiger partial charge on any atom is 0.246 e. The molecule has 0 aliphatic carbocycles. The topological polar surface area (TPSA) is 67.9 Å². The van der Waals surface area contributed by atoms with Crippen LogP contribution in [0.25, 0.3) is 0 Å². The van der Waals surface area contributed by atoms with Crippen LogP contribution in [0.3, 0.4) is 0 Å². The lowest BCUT2D eigenvalue weighted by atomic mass is 9.89. The molecule has 0 amide bonds. The van der Waals surface area contributed by atoms with E-state index in [1.165, 1.54) is 31.0 Å². The van der Waals surface area contributed by atoms with E-state index < -0.39 is 15.8 Å². The molecule has 2 aliphatic rings. The molecule has 1 atom stereocenters. The average molecular weight is 409 g/mol. The van der Waals surface area contributed by atoms with Crippen LogP contribution in [0, 0.1) is 11.7 Å². The number of sulfonamides is 1. The van der Waals surface area contributed by atoms with Crippen molar-refractivity contribution in [1.82, 2.24) is 9.62 Å². The summed E-state index contributed by atoms with van der Waals surface area (Å²) < 4.78 is 51.6. The Balaban J connectivity index is 0.00000243. The first-order chi connectivity index (χ1) is 12.0. The summed E-state index contributed by atoms with van der Waals surface area (Å²) in [6.45, 7) is 1.87. The lowest BCUT2D eigenvalue weighted by Crippen LogP contribution is -2.43. The number of piperidine rings is 1. The summed E-state index contributed by atoms with van der Waals surface area (Å²) in [5.41, 5.74) is 0. The lowest BCUT2D eigenvalue weighted by molar-refractivity contribution is 0.233. The smallest absolute Gasteiger partial charge is 0.246 e. The molecule has 1 aromatic rings. The van der Waals surface area contributed by atoms with Gasteiger partial charge in [0.15, 0.2) is 11.5 Å². The first-order valence-electron chi connectivity index (χ1n) is 8.62. The molecule has 0 spiro atoms. The van der Waals surface area contributed by atoms with Crippen molar-refractivity contribution in [2.24, 2.45) is 5.92 Å². The Bertz CT molecular complexity index is 718. The van der Waals surface area contributed by atoms with Gasteiger partial charge in [-0.15, -0.1) is 12.4 Å². The van der Waals surface area contributed by atoms with Crippen molar-refractivity contribution >= 4 is 22.4 Å². The van der Waals surface area contributed by atoms with Crippen LogP contribution in [0.15, 0.2) is 17.0 Å². The first kappa shape index (κ1) is 21.2. The molecule has 0 aromatic heterocycles. The molecule has 2 saturated heterocycles. The van der Waals surface area contributed by atoms with E-state index in [1.54, 1.807) is 0 Å². The van der Waals surface area contributed by atoms with Crippen LogP contribution in [0.5, 0.6) is 11.5 Å². The van der Waals surface area contributed by atoms with Crippen LogP contribution in [0.1, 0.15) is 25.7 Å². The number of hydrogen-bond donors (Lipinski definition) is 1. The Morgan fingerprint density at radius 2 is 1.73 bits per heavy atom. The van der Waals surface area contributed by atoms with Crippen LogP contribution in [-0.2, 0) is 10.0 Å². The average Bonchev–Trinajstić information content (AvgIpc) is 3.16. The minimum atomic E-state index is -3.89. The number of rotatable bonds is 5.